The van der Waals surface area contributed by atoms with Crippen LogP contribution in [0.3, 0.4) is 0 Å². The van der Waals surface area contributed by atoms with Crippen molar-refractivity contribution in [2.75, 3.05) is 14.1 Å². The Balaban J connectivity index is 2.00. The van der Waals surface area contributed by atoms with Crippen molar-refractivity contribution in [3.05, 3.63) is 98.9 Å². The van der Waals surface area contributed by atoms with E-state index in [2.05, 4.69) is 0 Å². The lowest BCUT2D eigenvalue weighted by Crippen LogP contribution is -2.21. The topological polar surface area (TPSA) is 79.6 Å². The molecule has 0 aliphatic carbocycles. The number of carbonyl (C=O) groups is 3. The van der Waals surface area contributed by atoms with Crippen LogP contribution in [0.25, 0.3) is 16.6 Å². The third-order valence-electron chi connectivity index (χ3n) is 5.35. The number of hydrogen-bond donors (Lipinski definition) is 1. The molecule has 6 nitrogen and oxygen atoms in total. The maximum atomic E-state index is 15.0. The quantitative estimate of drug-likeness (QED) is 0.357. The maximum Gasteiger partial charge on any atom is 0.335 e. The van der Waals surface area contributed by atoms with Gasteiger partial charge in [0.1, 0.15) is 5.82 Å². The van der Waals surface area contributed by atoms with Gasteiger partial charge in [0.15, 0.2) is 5.78 Å². The molecule has 1 amide bonds. The molecule has 1 heterocycles. The molecule has 1 N–H and O–H groups in total. The van der Waals surface area contributed by atoms with E-state index in [1.807, 2.05) is 0 Å². The highest BCUT2D eigenvalue weighted by Crippen LogP contribution is 2.33. The van der Waals surface area contributed by atoms with Crippen LogP contribution in [0.1, 0.15) is 36.6 Å². The van der Waals surface area contributed by atoms with Crippen molar-refractivity contribution in [3.63, 3.8) is 0 Å². The maximum absolute atomic E-state index is 15.0. The van der Waals surface area contributed by atoms with Crippen LogP contribution in [-0.4, -0.2) is 46.3 Å². The van der Waals surface area contributed by atoms with Crippen molar-refractivity contribution < 1.29 is 23.9 Å². The average molecular weight is 499 g/mol. The predicted molar refractivity (Wildman–Crippen MR) is 128 cm³/mol. The summed E-state index contributed by atoms with van der Waals surface area (Å²) in [7, 11) is 3.20. The number of halogens is 3. The summed E-state index contributed by atoms with van der Waals surface area (Å²) in [6.45, 7) is 0. The molecule has 0 aliphatic heterocycles. The summed E-state index contributed by atoms with van der Waals surface area (Å²) in [5.74, 6) is -2.84. The van der Waals surface area contributed by atoms with Crippen molar-refractivity contribution in [3.8, 4) is 5.69 Å². The van der Waals surface area contributed by atoms with Gasteiger partial charge in [0.25, 0.3) is 5.91 Å². The summed E-state index contributed by atoms with van der Waals surface area (Å²) in [6, 6.07) is 12.9. The minimum absolute atomic E-state index is 0.00811. The monoisotopic (exact) mass is 498 g/mol. The number of aromatic nitrogens is 1. The second-order valence-corrected chi connectivity index (χ2v) is 8.56. The Kier molecular flexibility index (Phi) is 6.17. The van der Waals surface area contributed by atoms with Crippen molar-refractivity contribution in [2.24, 2.45) is 0 Å². The summed E-state index contributed by atoms with van der Waals surface area (Å²) < 4.78 is 16.4. The number of fused-ring (bicyclic) bond motifs is 1. The largest absolute Gasteiger partial charge is 0.478 e. The summed E-state index contributed by atoms with van der Waals surface area (Å²) in [4.78, 5) is 38.6. The highest BCUT2D eigenvalue weighted by Gasteiger charge is 2.24. The first-order valence-corrected chi connectivity index (χ1v) is 10.7. The molecular formula is C25H17Cl2FN2O4. The lowest BCUT2D eigenvalue weighted by atomic mass is 10.0. The van der Waals surface area contributed by atoms with E-state index in [1.165, 1.54) is 39.9 Å². The second kappa shape index (κ2) is 8.93. The lowest BCUT2D eigenvalue weighted by Gasteiger charge is -2.12. The first-order valence-electron chi connectivity index (χ1n) is 9.99. The molecule has 0 spiro atoms. The average Bonchev–Trinajstić information content (AvgIpc) is 3.16. The number of benzene rings is 3. The Hall–Kier alpha value is -3.68. The molecule has 9 heteroatoms. The van der Waals surface area contributed by atoms with E-state index in [-0.39, 0.29) is 38.3 Å². The van der Waals surface area contributed by atoms with Gasteiger partial charge in [-0.1, -0.05) is 35.3 Å². The van der Waals surface area contributed by atoms with Gasteiger partial charge in [-0.25, -0.2) is 9.18 Å². The molecule has 0 fully saturated rings. The molecule has 0 saturated heterocycles. The van der Waals surface area contributed by atoms with Crippen molar-refractivity contribution >= 4 is 51.8 Å². The lowest BCUT2D eigenvalue weighted by molar-refractivity contribution is 0.0695. The number of aromatic carboxylic acids is 1. The Morgan fingerprint density at radius 1 is 0.941 bits per heavy atom. The fourth-order valence-corrected chi connectivity index (χ4v) is 4.25. The molecule has 0 radical (unpaired) electrons. The highest BCUT2D eigenvalue weighted by molar-refractivity contribution is 6.41. The highest BCUT2D eigenvalue weighted by atomic mass is 35.5. The molecule has 4 aromatic rings. The van der Waals surface area contributed by atoms with Crippen LogP contribution in [0.5, 0.6) is 0 Å². The number of carboxylic acids is 1. The predicted octanol–water partition coefficient (Wildman–Crippen LogP) is 5.71. The van der Waals surface area contributed by atoms with E-state index >= 15 is 0 Å². The molecular weight excluding hydrogens is 482 g/mol. The van der Waals surface area contributed by atoms with E-state index in [1.54, 1.807) is 38.4 Å². The van der Waals surface area contributed by atoms with E-state index in [0.29, 0.717) is 16.5 Å². The van der Waals surface area contributed by atoms with Crippen molar-refractivity contribution in [1.82, 2.24) is 9.47 Å². The minimum Gasteiger partial charge on any atom is -0.478 e. The third kappa shape index (κ3) is 4.04. The van der Waals surface area contributed by atoms with Crippen molar-refractivity contribution in [2.45, 2.75) is 0 Å². The number of ketones is 1. The number of hydrogen-bond acceptors (Lipinski definition) is 3. The van der Waals surface area contributed by atoms with Crippen molar-refractivity contribution in [1.29, 1.82) is 0 Å². The molecule has 172 valence electrons. The van der Waals surface area contributed by atoms with Crippen LogP contribution >= 0.6 is 23.2 Å². The number of carboxylic acid groups (broad SMARTS) is 1. The minimum atomic E-state index is -1.27. The SMILES string of the molecule is CN(C)C(=O)c1ccc2c(C(=O)c3c(Cl)cccc3Cl)cn(-c3ccc(C(=O)O)cc3F)c2c1. The molecule has 0 saturated carbocycles. The van der Waals surface area contributed by atoms with Crippen LogP contribution in [0, 0.1) is 5.82 Å². The number of amides is 1. The van der Waals surface area contributed by atoms with Gasteiger partial charge in [-0.3, -0.25) is 9.59 Å². The fraction of sp³-hybridized carbons (Fsp3) is 0.0800. The molecule has 0 atom stereocenters. The third-order valence-corrected chi connectivity index (χ3v) is 5.98. The Morgan fingerprint density at radius 3 is 2.18 bits per heavy atom. The summed E-state index contributed by atoms with van der Waals surface area (Å²) in [5.41, 5.74) is 0.778. The summed E-state index contributed by atoms with van der Waals surface area (Å²) >= 11 is 12.5. The Labute approximate surface area is 203 Å². The van der Waals surface area contributed by atoms with Gasteiger partial charge in [0, 0.05) is 36.8 Å². The molecule has 0 aliphatic rings. The van der Waals surface area contributed by atoms with Gasteiger partial charge in [-0.15, -0.1) is 0 Å². The number of carbonyl (C=O) groups excluding carboxylic acids is 2. The van der Waals surface area contributed by atoms with E-state index < -0.39 is 17.6 Å². The first kappa shape index (κ1) is 23.5. The van der Waals surface area contributed by atoms with Gasteiger partial charge >= 0.3 is 5.97 Å². The number of rotatable bonds is 5. The Bertz CT molecular complexity index is 1470. The van der Waals surface area contributed by atoms with E-state index in [4.69, 9.17) is 28.3 Å². The summed E-state index contributed by atoms with van der Waals surface area (Å²) in [6.07, 6.45) is 1.43. The molecule has 34 heavy (non-hydrogen) atoms. The van der Waals surface area contributed by atoms with Crippen LogP contribution < -0.4 is 0 Å². The zero-order valence-electron chi connectivity index (χ0n) is 18.0. The summed E-state index contributed by atoms with van der Waals surface area (Å²) in [5, 5.41) is 9.93. The first-order chi connectivity index (χ1) is 16.1. The van der Waals surface area contributed by atoms with Gasteiger partial charge < -0.3 is 14.6 Å². The van der Waals surface area contributed by atoms with E-state index in [0.717, 1.165) is 6.07 Å². The smallest absolute Gasteiger partial charge is 0.335 e. The Morgan fingerprint density at radius 2 is 1.59 bits per heavy atom. The van der Waals surface area contributed by atoms with Crippen LogP contribution in [0.4, 0.5) is 4.39 Å². The van der Waals surface area contributed by atoms with Crippen LogP contribution in [0.2, 0.25) is 10.0 Å². The standard InChI is InChI=1S/C25H17Cl2FN2O4/c1-29(2)24(32)13-6-8-15-16(23(31)22-17(26)4-3-5-18(22)27)12-30(21(15)11-13)20-9-7-14(25(33)34)10-19(20)28/h3-12H,1-2H3,(H,33,34). The molecule has 0 unspecified atom stereocenters. The number of nitrogens with zero attached hydrogens (tertiary/aromatic N) is 2. The van der Waals surface area contributed by atoms with Gasteiger partial charge in [-0.2, -0.15) is 0 Å². The molecule has 0 bridgehead atoms. The second-order valence-electron chi connectivity index (χ2n) is 7.74. The van der Waals surface area contributed by atoms with Crippen LogP contribution in [0.15, 0.2) is 60.8 Å². The zero-order valence-corrected chi connectivity index (χ0v) is 19.5. The molecule has 1 aromatic heterocycles. The van der Waals surface area contributed by atoms with Gasteiger partial charge in [-0.05, 0) is 42.5 Å². The van der Waals surface area contributed by atoms with Gasteiger partial charge in [0.05, 0.1) is 32.4 Å². The molecule has 4 rings (SSSR count). The zero-order chi connectivity index (χ0) is 24.7. The molecule has 3 aromatic carbocycles. The van der Waals surface area contributed by atoms with Gasteiger partial charge in [0.2, 0.25) is 0 Å². The fourth-order valence-electron chi connectivity index (χ4n) is 3.68. The normalized spacial score (nSPS) is 11.0. The van der Waals surface area contributed by atoms with E-state index in [9.17, 15) is 18.8 Å². The van der Waals surface area contributed by atoms with Crippen LogP contribution in [-0.2, 0) is 0 Å².